The Morgan fingerprint density at radius 1 is 1.41 bits per heavy atom. The minimum Gasteiger partial charge on any atom is -0.464 e. The molecule has 2 atom stereocenters. The Labute approximate surface area is 136 Å². The molecule has 4 nitrogen and oxygen atoms in total. The number of methoxy groups -OCH3 is 1. The normalized spacial score (nSPS) is 23.1. The van der Waals surface area contributed by atoms with Crippen LogP contribution in [0.5, 0.6) is 0 Å². The zero-order valence-corrected chi connectivity index (χ0v) is 16.2. The highest BCUT2D eigenvalue weighted by Gasteiger charge is 2.42. The molecule has 1 aliphatic heterocycles. The first-order chi connectivity index (χ1) is 10.1. The van der Waals surface area contributed by atoms with E-state index in [-0.39, 0.29) is 11.0 Å². The highest BCUT2D eigenvalue weighted by Crippen LogP contribution is 2.43. The molecule has 0 fully saturated rings. The zero-order chi connectivity index (χ0) is 17.0. The molecule has 1 rings (SSSR count). The second-order valence-corrected chi connectivity index (χ2v) is 12.9. The Hall–Kier alpha value is -0.653. The largest absolute Gasteiger partial charge is 0.464 e. The average Bonchev–Trinajstić information content (AvgIpc) is 2.45. The molecule has 128 valence electrons. The fraction of sp³-hybridized carbons (Fsp3) is 0.824. The number of carbonyl (C=O) groups is 1. The molecule has 0 aromatic carbocycles. The van der Waals surface area contributed by atoms with Gasteiger partial charge in [0.2, 0.25) is 0 Å². The van der Waals surface area contributed by atoms with E-state index in [1.807, 2.05) is 0 Å². The molecule has 0 radical (unpaired) electrons. The van der Waals surface area contributed by atoms with Gasteiger partial charge in [-0.05, 0) is 17.5 Å². The summed E-state index contributed by atoms with van der Waals surface area (Å²) in [5, 5.41) is 1.54. The van der Waals surface area contributed by atoms with Crippen LogP contribution >= 0.6 is 0 Å². The van der Waals surface area contributed by atoms with Crippen LogP contribution in [-0.2, 0) is 19.0 Å². The van der Waals surface area contributed by atoms with Crippen LogP contribution in [0.4, 0.5) is 0 Å². The summed E-state index contributed by atoms with van der Waals surface area (Å²) < 4.78 is 16.4. The summed E-state index contributed by atoms with van der Waals surface area (Å²) in [6.45, 7) is 14.0. The van der Waals surface area contributed by atoms with Gasteiger partial charge in [0.25, 0.3) is 0 Å². The van der Waals surface area contributed by atoms with Gasteiger partial charge < -0.3 is 14.2 Å². The molecule has 0 unspecified atom stereocenters. The molecule has 0 saturated carbocycles. The first-order valence-corrected chi connectivity index (χ1v) is 11.2. The Bertz CT molecular complexity index is 409. The predicted molar refractivity (Wildman–Crippen MR) is 91.4 cm³/mol. The first kappa shape index (κ1) is 19.4. The van der Waals surface area contributed by atoms with E-state index in [0.29, 0.717) is 13.0 Å². The summed E-state index contributed by atoms with van der Waals surface area (Å²) in [6.07, 6.45) is 3.58. The van der Waals surface area contributed by atoms with E-state index in [1.54, 1.807) is 7.11 Å². The van der Waals surface area contributed by atoms with Crippen molar-refractivity contribution in [3.8, 4) is 0 Å². The Balaban J connectivity index is 2.87. The molecule has 1 aliphatic rings. The van der Waals surface area contributed by atoms with Crippen molar-refractivity contribution in [2.24, 2.45) is 0 Å². The Kier molecular flexibility index (Phi) is 6.83. The molecule has 0 aliphatic carbocycles. The maximum absolute atomic E-state index is 12.2. The van der Waals surface area contributed by atoms with Crippen LogP contribution in [0.2, 0.25) is 18.1 Å². The SMILES string of the molecule is CCCCOC(=O)[C@H]1CC([Si](C)(C)C(C)(C)C)=C[C@@H](OC)O1. The van der Waals surface area contributed by atoms with Crippen molar-refractivity contribution in [3.05, 3.63) is 11.3 Å². The predicted octanol–water partition coefficient (Wildman–Crippen LogP) is 4.07. The van der Waals surface area contributed by atoms with Crippen molar-refractivity contribution in [2.75, 3.05) is 13.7 Å². The quantitative estimate of drug-likeness (QED) is 0.419. The lowest BCUT2D eigenvalue weighted by atomic mass is 10.2. The molecule has 0 saturated heterocycles. The molecule has 0 amide bonds. The van der Waals surface area contributed by atoms with Gasteiger partial charge in [0, 0.05) is 13.5 Å². The summed E-state index contributed by atoms with van der Waals surface area (Å²) in [5.74, 6) is -0.264. The van der Waals surface area contributed by atoms with Gasteiger partial charge in [-0.3, -0.25) is 0 Å². The van der Waals surface area contributed by atoms with Crippen LogP contribution in [0, 0.1) is 0 Å². The van der Waals surface area contributed by atoms with E-state index in [4.69, 9.17) is 14.2 Å². The topological polar surface area (TPSA) is 44.8 Å². The molecule has 0 aromatic rings. The van der Waals surface area contributed by atoms with Crippen molar-refractivity contribution in [3.63, 3.8) is 0 Å². The van der Waals surface area contributed by atoms with Crippen molar-refractivity contribution in [1.29, 1.82) is 0 Å². The molecule has 0 bridgehead atoms. The van der Waals surface area contributed by atoms with Gasteiger partial charge in [-0.25, -0.2) is 4.79 Å². The number of rotatable bonds is 6. The summed E-state index contributed by atoms with van der Waals surface area (Å²) in [5.41, 5.74) is 0. The third kappa shape index (κ3) is 4.67. The highest BCUT2D eigenvalue weighted by molar-refractivity contribution is 6.86. The molecule has 0 N–H and O–H groups in total. The molecule has 1 heterocycles. The van der Waals surface area contributed by atoms with Crippen molar-refractivity contribution in [2.45, 2.75) is 77.5 Å². The van der Waals surface area contributed by atoms with Crippen LogP contribution in [0.15, 0.2) is 11.3 Å². The second kappa shape index (κ2) is 7.75. The standard InChI is InChI=1S/C17H32O4Si/c1-8-9-10-20-16(18)14-11-13(12-15(19-5)21-14)22(6,7)17(2,3)4/h12,14-15H,8-11H2,1-7H3/t14-,15+/m1/s1. The number of hydrogen-bond donors (Lipinski definition) is 0. The lowest BCUT2D eigenvalue weighted by Gasteiger charge is -2.42. The maximum atomic E-state index is 12.2. The van der Waals surface area contributed by atoms with Crippen LogP contribution in [0.25, 0.3) is 0 Å². The van der Waals surface area contributed by atoms with Crippen molar-refractivity contribution >= 4 is 14.0 Å². The third-order valence-electron chi connectivity index (χ3n) is 4.96. The maximum Gasteiger partial charge on any atom is 0.335 e. The van der Waals surface area contributed by atoms with Gasteiger partial charge in [0.05, 0.1) is 14.7 Å². The average molecular weight is 329 g/mol. The number of hydrogen-bond acceptors (Lipinski definition) is 4. The molecule has 5 heteroatoms. The van der Waals surface area contributed by atoms with Gasteiger partial charge in [0.1, 0.15) is 0 Å². The van der Waals surface area contributed by atoms with E-state index in [9.17, 15) is 4.79 Å². The van der Waals surface area contributed by atoms with Gasteiger partial charge in [-0.1, -0.05) is 52.4 Å². The minimum atomic E-state index is -1.69. The molecule has 0 spiro atoms. The summed E-state index contributed by atoms with van der Waals surface area (Å²) in [4.78, 5) is 12.2. The van der Waals surface area contributed by atoms with E-state index in [2.05, 4.69) is 46.9 Å². The fourth-order valence-electron chi connectivity index (χ4n) is 2.30. The first-order valence-electron chi connectivity index (χ1n) is 8.19. The Morgan fingerprint density at radius 2 is 2.05 bits per heavy atom. The number of unbranched alkanes of at least 4 members (excludes halogenated alkanes) is 1. The van der Waals surface area contributed by atoms with E-state index in [0.717, 1.165) is 12.8 Å². The summed E-state index contributed by atoms with van der Waals surface area (Å²) in [7, 11) is -0.0882. The van der Waals surface area contributed by atoms with Gasteiger partial charge in [-0.2, -0.15) is 0 Å². The molecular weight excluding hydrogens is 296 g/mol. The smallest absolute Gasteiger partial charge is 0.335 e. The molecular formula is C17H32O4Si. The lowest BCUT2D eigenvalue weighted by Crippen LogP contribution is -2.46. The summed E-state index contributed by atoms with van der Waals surface area (Å²) in [6, 6.07) is 0. The van der Waals surface area contributed by atoms with Crippen molar-refractivity contribution < 1.29 is 19.0 Å². The van der Waals surface area contributed by atoms with Crippen LogP contribution < -0.4 is 0 Å². The van der Waals surface area contributed by atoms with Crippen LogP contribution in [0.1, 0.15) is 47.0 Å². The number of esters is 1. The molecule has 22 heavy (non-hydrogen) atoms. The van der Waals surface area contributed by atoms with Gasteiger partial charge in [0.15, 0.2) is 12.4 Å². The highest BCUT2D eigenvalue weighted by atomic mass is 28.3. The van der Waals surface area contributed by atoms with Gasteiger partial charge >= 0.3 is 5.97 Å². The number of carbonyl (C=O) groups excluding carboxylic acids is 1. The third-order valence-corrected chi connectivity index (χ3v) is 10.7. The van der Waals surface area contributed by atoms with Crippen LogP contribution in [0.3, 0.4) is 0 Å². The Morgan fingerprint density at radius 3 is 2.55 bits per heavy atom. The monoisotopic (exact) mass is 328 g/mol. The van der Waals surface area contributed by atoms with Crippen molar-refractivity contribution in [1.82, 2.24) is 0 Å². The molecule has 0 aromatic heterocycles. The fourth-order valence-corrected chi connectivity index (χ4v) is 4.51. The number of ether oxygens (including phenoxy) is 3. The summed E-state index contributed by atoms with van der Waals surface area (Å²) >= 11 is 0. The minimum absolute atomic E-state index is 0.213. The second-order valence-electron chi connectivity index (χ2n) is 7.52. The van der Waals surface area contributed by atoms with Gasteiger partial charge in [-0.15, -0.1) is 0 Å². The van der Waals surface area contributed by atoms with E-state index >= 15 is 0 Å². The van der Waals surface area contributed by atoms with E-state index < -0.39 is 20.5 Å². The van der Waals surface area contributed by atoms with Crippen LogP contribution in [-0.4, -0.2) is 40.2 Å². The van der Waals surface area contributed by atoms with E-state index in [1.165, 1.54) is 5.20 Å². The zero-order valence-electron chi connectivity index (χ0n) is 15.2. The lowest BCUT2D eigenvalue weighted by molar-refractivity contribution is -0.178.